The number of rotatable bonds is 5. The van der Waals surface area contributed by atoms with Crippen LogP contribution in [0.3, 0.4) is 0 Å². The van der Waals surface area contributed by atoms with Gasteiger partial charge in [0.15, 0.2) is 0 Å². The molecular formula is C5H12O7. The molecule has 0 saturated carbocycles. The first-order valence-corrected chi connectivity index (χ1v) is 3.13. The first-order chi connectivity index (χ1) is 5.38. The van der Waals surface area contributed by atoms with Crippen molar-refractivity contribution in [2.75, 3.05) is 13.2 Å². The van der Waals surface area contributed by atoms with Gasteiger partial charge in [0.2, 0.25) is 6.29 Å². The van der Waals surface area contributed by atoms with Crippen LogP contribution in [-0.4, -0.2) is 62.2 Å². The molecule has 0 rings (SSSR count). The van der Waals surface area contributed by atoms with Crippen LogP contribution in [0.15, 0.2) is 0 Å². The zero-order chi connectivity index (χ0) is 9.78. The van der Waals surface area contributed by atoms with Crippen molar-refractivity contribution in [3.8, 4) is 0 Å². The van der Waals surface area contributed by atoms with Gasteiger partial charge in [-0.3, -0.25) is 0 Å². The summed E-state index contributed by atoms with van der Waals surface area (Å²) in [5.74, 6) is -3.37. The summed E-state index contributed by atoms with van der Waals surface area (Å²) in [7, 11) is 0. The molecule has 2 atom stereocenters. The normalized spacial score (nSPS) is 17.5. The third-order valence-corrected chi connectivity index (χ3v) is 0.989. The van der Waals surface area contributed by atoms with Gasteiger partial charge in [0, 0.05) is 0 Å². The van der Waals surface area contributed by atoms with Gasteiger partial charge in [0.25, 0.3) is 0 Å². The topological polar surface area (TPSA) is 131 Å². The summed E-state index contributed by atoms with van der Waals surface area (Å²) in [6.07, 6.45) is -3.50. The lowest BCUT2D eigenvalue weighted by atomic mass is 10.4. The molecule has 0 fully saturated rings. The number of aliphatic hydroxyl groups excluding tert-OH is 3. The Labute approximate surface area is 68.1 Å². The van der Waals surface area contributed by atoms with Crippen LogP contribution in [0, 0.1) is 0 Å². The van der Waals surface area contributed by atoms with Gasteiger partial charge in [-0.2, -0.15) is 0 Å². The Morgan fingerprint density at radius 1 is 1.17 bits per heavy atom. The predicted octanol–water partition coefficient (Wildman–Crippen LogP) is -3.69. The van der Waals surface area contributed by atoms with Crippen molar-refractivity contribution in [3.05, 3.63) is 0 Å². The van der Waals surface area contributed by atoms with Crippen LogP contribution in [0.5, 0.6) is 0 Å². The zero-order valence-electron chi connectivity index (χ0n) is 6.16. The monoisotopic (exact) mass is 184 g/mol. The van der Waals surface area contributed by atoms with Crippen molar-refractivity contribution >= 4 is 0 Å². The van der Waals surface area contributed by atoms with E-state index in [0.717, 1.165) is 0 Å². The molecule has 0 bridgehead atoms. The van der Waals surface area contributed by atoms with E-state index in [2.05, 4.69) is 4.74 Å². The molecule has 0 radical (unpaired) electrons. The lowest BCUT2D eigenvalue weighted by Crippen LogP contribution is -2.44. The molecule has 12 heavy (non-hydrogen) atoms. The Bertz CT molecular complexity index is 119. The maximum Gasteiger partial charge on any atom is 0.329 e. The molecule has 0 saturated heterocycles. The Kier molecular flexibility index (Phi) is 4.57. The maximum atomic E-state index is 8.64. The smallest absolute Gasteiger partial charge is 0.329 e. The van der Waals surface area contributed by atoms with E-state index in [1.54, 1.807) is 0 Å². The number of hydrogen-bond acceptors (Lipinski definition) is 7. The predicted molar refractivity (Wildman–Crippen MR) is 34.4 cm³/mol. The van der Waals surface area contributed by atoms with Gasteiger partial charge < -0.3 is 35.4 Å². The molecule has 0 aliphatic carbocycles. The second-order valence-corrected chi connectivity index (χ2v) is 2.21. The highest BCUT2D eigenvalue weighted by Crippen LogP contribution is 2.03. The molecular weight excluding hydrogens is 172 g/mol. The van der Waals surface area contributed by atoms with E-state index in [9.17, 15) is 0 Å². The van der Waals surface area contributed by atoms with Crippen LogP contribution in [0.1, 0.15) is 0 Å². The molecule has 0 heterocycles. The molecule has 0 aliphatic rings. The SMILES string of the molecule is OCC(O)COC(O)C(O)(O)O. The van der Waals surface area contributed by atoms with E-state index in [1.807, 2.05) is 0 Å². The molecule has 2 unspecified atom stereocenters. The molecule has 0 amide bonds. The van der Waals surface area contributed by atoms with Gasteiger partial charge in [-0.25, -0.2) is 0 Å². The molecule has 6 N–H and O–H groups in total. The Hall–Kier alpha value is -0.280. The molecule has 7 heteroatoms. The fourth-order valence-electron chi connectivity index (χ4n) is 0.367. The van der Waals surface area contributed by atoms with Gasteiger partial charge >= 0.3 is 5.97 Å². The summed E-state index contributed by atoms with van der Waals surface area (Å²) in [6.45, 7) is -1.12. The number of aliphatic hydroxyl groups is 6. The van der Waals surface area contributed by atoms with E-state index < -0.39 is 31.6 Å². The van der Waals surface area contributed by atoms with Crippen LogP contribution in [0.2, 0.25) is 0 Å². The van der Waals surface area contributed by atoms with Crippen LogP contribution in [-0.2, 0) is 4.74 Å². The highest BCUT2D eigenvalue weighted by Gasteiger charge is 2.31. The van der Waals surface area contributed by atoms with Gasteiger partial charge in [0.05, 0.1) is 13.2 Å². The summed E-state index contributed by atoms with van der Waals surface area (Å²) < 4.78 is 4.15. The number of hydrogen-bond donors (Lipinski definition) is 6. The van der Waals surface area contributed by atoms with E-state index >= 15 is 0 Å². The standard InChI is InChI=1S/C5H12O7/c6-1-3(7)2-12-4(8)5(9,10)11/h3-4,6-11H,1-2H2. The fourth-order valence-corrected chi connectivity index (χ4v) is 0.367. The van der Waals surface area contributed by atoms with Crippen LogP contribution in [0.25, 0.3) is 0 Å². The minimum atomic E-state index is -3.37. The highest BCUT2D eigenvalue weighted by molar-refractivity contribution is 4.54. The zero-order valence-corrected chi connectivity index (χ0v) is 6.16. The minimum absolute atomic E-state index is 0.527. The van der Waals surface area contributed by atoms with Crippen molar-refractivity contribution in [3.63, 3.8) is 0 Å². The first kappa shape index (κ1) is 11.7. The second kappa shape index (κ2) is 4.67. The maximum absolute atomic E-state index is 8.64. The third kappa shape index (κ3) is 4.57. The lowest BCUT2D eigenvalue weighted by Gasteiger charge is -2.21. The average Bonchev–Trinajstić information content (AvgIpc) is 1.97. The van der Waals surface area contributed by atoms with Gasteiger partial charge in [0.1, 0.15) is 6.10 Å². The molecule has 74 valence electrons. The second-order valence-electron chi connectivity index (χ2n) is 2.21. The Morgan fingerprint density at radius 2 is 1.67 bits per heavy atom. The Morgan fingerprint density at radius 3 is 2.00 bits per heavy atom. The largest absolute Gasteiger partial charge is 0.394 e. The Balaban J connectivity index is 3.64. The molecule has 0 aromatic rings. The van der Waals surface area contributed by atoms with Gasteiger partial charge in [-0.15, -0.1) is 0 Å². The van der Waals surface area contributed by atoms with Crippen molar-refractivity contribution in [1.29, 1.82) is 0 Å². The number of ether oxygens (including phenoxy) is 1. The van der Waals surface area contributed by atoms with E-state index in [1.165, 1.54) is 0 Å². The summed E-state index contributed by atoms with van der Waals surface area (Å²) in [5, 5.41) is 50.2. The summed E-state index contributed by atoms with van der Waals surface area (Å²) >= 11 is 0. The summed E-state index contributed by atoms with van der Waals surface area (Å²) in [6, 6.07) is 0. The fraction of sp³-hybridized carbons (Fsp3) is 1.00. The van der Waals surface area contributed by atoms with Crippen LogP contribution in [0.4, 0.5) is 0 Å². The molecule has 0 aromatic carbocycles. The molecule has 0 aromatic heterocycles. The quantitative estimate of drug-likeness (QED) is 0.242. The highest BCUT2D eigenvalue weighted by atomic mass is 16.7. The minimum Gasteiger partial charge on any atom is -0.394 e. The van der Waals surface area contributed by atoms with Crippen LogP contribution < -0.4 is 0 Å². The van der Waals surface area contributed by atoms with Crippen molar-refractivity contribution < 1.29 is 35.4 Å². The average molecular weight is 184 g/mol. The molecule has 7 nitrogen and oxygen atoms in total. The van der Waals surface area contributed by atoms with E-state index in [0.29, 0.717) is 0 Å². The lowest BCUT2D eigenvalue weighted by molar-refractivity contribution is -0.406. The molecule has 0 aliphatic heterocycles. The van der Waals surface area contributed by atoms with Crippen molar-refractivity contribution in [2.24, 2.45) is 0 Å². The summed E-state index contributed by atoms with van der Waals surface area (Å²) in [4.78, 5) is 0. The van der Waals surface area contributed by atoms with Crippen molar-refractivity contribution in [2.45, 2.75) is 18.4 Å². The van der Waals surface area contributed by atoms with Gasteiger partial charge in [-0.1, -0.05) is 0 Å². The van der Waals surface area contributed by atoms with E-state index in [-0.39, 0.29) is 0 Å². The van der Waals surface area contributed by atoms with Crippen molar-refractivity contribution in [1.82, 2.24) is 0 Å². The third-order valence-electron chi connectivity index (χ3n) is 0.989. The summed E-state index contributed by atoms with van der Waals surface area (Å²) in [5.41, 5.74) is 0. The first-order valence-electron chi connectivity index (χ1n) is 3.13. The van der Waals surface area contributed by atoms with E-state index in [4.69, 9.17) is 30.6 Å². The molecule has 0 spiro atoms. The van der Waals surface area contributed by atoms with Gasteiger partial charge in [-0.05, 0) is 0 Å². The van der Waals surface area contributed by atoms with Crippen LogP contribution >= 0.6 is 0 Å².